The lowest BCUT2D eigenvalue weighted by molar-refractivity contribution is -0.119. The predicted molar refractivity (Wildman–Crippen MR) is 90.7 cm³/mol. The van der Waals surface area contributed by atoms with Crippen molar-refractivity contribution >= 4 is 29.3 Å². The van der Waals surface area contributed by atoms with Crippen LogP contribution in [-0.4, -0.2) is 29.7 Å². The van der Waals surface area contributed by atoms with Gasteiger partial charge in [0, 0.05) is 11.9 Å². The highest BCUT2D eigenvalue weighted by molar-refractivity contribution is 7.98. The number of anilines is 1. The molecule has 0 atom stereocenters. The number of aromatic nitrogens is 1. The van der Waals surface area contributed by atoms with E-state index in [1.165, 1.54) is 11.8 Å². The van der Waals surface area contributed by atoms with E-state index in [4.69, 9.17) is 10.00 Å². The Balaban J connectivity index is 1.88. The molecule has 1 aromatic carbocycles. The fraction of sp³-hybridized carbons (Fsp3) is 0.176. The van der Waals surface area contributed by atoms with Gasteiger partial charge in [-0.25, -0.2) is 9.78 Å². The zero-order valence-corrected chi connectivity index (χ0v) is 13.8. The van der Waals surface area contributed by atoms with Crippen molar-refractivity contribution in [3.05, 3.63) is 53.7 Å². The minimum atomic E-state index is -0.591. The number of hydrogen-bond acceptors (Lipinski definition) is 6. The number of esters is 1. The van der Waals surface area contributed by atoms with Crippen molar-refractivity contribution in [2.75, 3.05) is 18.2 Å². The summed E-state index contributed by atoms with van der Waals surface area (Å²) >= 11 is 1.33. The van der Waals surface area contributed by atoms with Gasteiger partial charge in [0.05, 0.1) is 18.1 Å². The standard InChI is InChI=1S/C17H15N3O3S/c1-24-16-14(3-2-10-19-16)17(22)23-11-15(21)20-13-6-4-12(5-7-13)8-9-18/h2-7,10H,8,11H2,1H3,(H,20,21). The number of carbonyl (C=O) groups excluding carboxylic acids is 2. The lowest BCUT2D eigenvalue weighted by atomic mass is 10.1. The smallest absolute Gasteiger partial charge is 0.341 e. The maximum Gasteiger partial charge on any atom is 0.341 e. The number of nitriles is 1. The van der Waals surface area contributed by atoms with Crippen molar-refractivity contribution in [1.82, 2.24) is 4.98 Å². The minimum absolute atomic E-state index is 0.314. The highest BCUT2D eigenvalue weighted by Gasteiger charge is 2.14. The SMILES string of the molecule is CSc1ncccc1C(=O)OCC(=O)Nc1ccc(CC#N)cc1. The third-order valence-corrected chi connectivity index (χ3v) is 3.75. The molecule has 0 fully saturated rings. The van der Waals surface area contributed by atoms with Gasteiger partial charge in [0.25, 0.3) is 5.91 Å². The van der Waals surface area contributed by atoms with E-state index in [-0.39, 0.29) is 6.61 Å². The van der Waals surface area contributed by atoms with Crippen molar-refractivity contribution < 1.29 is 14.3 Å². The fourth-order valence-corrected chi connectivity index (χ4v) is 2.45. The van der Waals surface area contributed by atoms with Gasteiger partial charge in [0.1, 0.15) is 5.03 Å². The third kappa shape index (κ3) is 4.83. The molecule has 7 heteroatoms. The molecule has 122 valence electrons. The number of carbonyl (C=O) groups is 2. The second kappa shape index (κ2) is 8.70. The van der Waals surface area contributed by atoms with E-state index < -0.39 is 11.9 Å². The second-order valence-corrected chi connectivity index (χ2v) is 5.51. The van der Waals surface area contributed by atoms with Gasteiger partial charge in [-0.15, -0.1) is 11.8 Å². The average molecular weight is 341 g/mol. The minimum Gasteiger partial charge on any atom is -0.452 e. The summed E-state index contributed by atoms with van der Waals surface area (Å²) in [6, 6.07) is 12.2. The summed E-state index contributed by atoms with van der Waals surface area (Å²) in [6.45, 7) is -0.387. The van der Waals surface area contributed by atoms with Crippen molar-refractivity contribution in [3.8, 4) is 6.07 Å². The van der Waals surface area contributed by atoms with E-state index >= 15 is 0 Å². The first-order chi connectivity index (χ1) is 11.6. The molecule has 1 heterocycles. The van der Waals surface area contributed by atoms with Gasteiger partial charge in [-0.1, -0.05) is 12.1 Å². The van der Waals surface area contributed by atoms with Crippen molar-refractivity contribution in [3.63, 3.8) is 0 Å². The lowest BCUT2D eigenvalue weighted by Gasteiger charge is -2.08. The van der Waals surface area contributed by atoms with Crippen molar-refractivity contribution in [1.29, 1.82) is 5.26 Å². The van der Waals surface area contributed by atoms with Crippen LogP contribution in [-0.2, 0) is 16.0 Å². The molecule has 2 rings (SSSR count). The predicted octanol–water partition coefficient (Wildman–Crippen LogP) is 2.67. The van der Waals surface area contributed by atoms with Gasteiger partial charge in [0.2, 0.25) is 0 Å². The van der Waals surface area contributed by atoms with Crippen LogP contribution in [0.1, 0.15) is 15.9 Å². The number of amides is 1. The number of rotatable bonds is 6. The molecule has 0 saturated carbocycles. The largest absolute Gasteiger partial charge is 0.452 e. The van der Waals surface area contributed by atoms with Crippen LogP contribution in [0.2, 0.25) is 0 Å². The Morgan fingerprint density at radius 1 is 1.29 bits per heavy atom. The molecule has 0 radical (unpaired) electrons. The number of thioether (sulfide) groups is 1. The molecule has 2 aromatic rings. The van der Waals surface area contributed by atoms with E-state index in [2.05, 4.69) is 16.4 Å². The van der Waals surface area contributed by atoms with Crippen LogP contribution in [0, 0.1) is 11.3 Å². The summed E-state index contributed by atoms with van der Waals surface area (Å²) in [5, 5.41) is 11.8. The Labute approximate surface area is 143 Å². The van der Waals surface area contributed by atoms with Crippen molar-refractivity contribution in [2.24, 2.45) is 0 Å². The number of ether oxygens (including phenoxy) is 1. The molecule has 6 nitrogen and oxygen atoms in total. The van der Waals surface area contributed by atoms with Gasteiger partial charge in [-0.05, 0) is 36.1 Å². The maximum absolute atomic E-state index is 12.0. The molecular weight excluding hydrogens is 326 g/mol. The van der Waals surface area contributed by atoms with E-state index in [0.29, 0.717) is 22.7 Å². The molecule has 0 aliphatic rings. The summed E-state index contributed by atoms with van der Waals surface area (Å²) in [4.78, 5) is 27.9. The molecule has 0 aliphatic carbocycles. The monoisotopic (exact) mass is 341 g/mol. The number of hydrogen-bond donors (Lipinski definition) is 1. The van der Waals surface area contributed by atoms with E-state index in [0.717, 1.165) is 5.56 Å². The van der Waals surface area contributed by atoms with Crippen LogP contribution in [0.3, 0.4) is 0 Å². The Bertz CT molecular complexity index is 769. The highest BCUT2D eigenvalue weighted by atomic mass is 32.2. The maximum atomic E-state index is 12.0. The molecule has 1 N–H and O–H groups in total. The summed E-state index contributed by atoms with van der Waals surface area (Å²) in [6.07, 6.45) is 3.71. The summed E-state index contributed by atoms with van der Waals surface area (Å²) in [5.41, 5.74) is 1.77. The Morgan fingerprint density at radius 2 is 2.04 bits per heavy atom. The summed E-state index contributed by atoms with van der Waals surface area (Å²) < 4.78 is 5.02. The topological polar surface area (TPSA) is 92.1 Å². The Hall–Kier alpha value is -2.85. The first-order valence-electron chi connectivity index (χ1n) is 7.06. The van der Waals surface area contributed by atoms with Crippen molar-refractivity contribution in [2.45, 2.75) is 11.4 Å². The quantitative estimate of drug-likeness (QED) is 0.641. The lowest BCUT2D eigenvalue weighted by Crippen LogP contribution is -2.21. The zero-order valence-electron chi connectivity index (χ0n) is 13.0. The molecule has 1 amide bonds. The first kappa shape index (κ1) is 17.5. The number of benzene rings is 1. The number of nitrogens with zero attached hydrogens (tertiary/aromatic N) is 2. The van der Waals surface area contributed by atoms with E-state index in [1.807, 2.05) is 6.26 Å². The molecule has 0 aliphatic heterocycles. The van der Waals surface area contributed by atoms with Crippen LogP contribution in [0.15, 0.2) is 47.6 Å². The van der Waals surface area contributed by atoms with Gasteiger partial charge in [-0.3, -0.25) is 4.79 Å². The fourth-order valence-electron chi connectivity index (χ4n) is 1.91. The van der Waals surface area contributed by atoms with Crippen LogP contribution in [0.25, 0.3) is 0 Å². The Morgan fingerprint density at radius 3 is 2.71 bits per heavy atom. The molecular formula is C17H15N3O3S. The van der Waals surface area contributed by atoms with E-state index in [1.54, 1.807) is 42.6 Å². The van der Waals surface area contributed by atoms with Gasteiger partial charge in [0.15, 0.2) is 6.61 Å². The number of nitrogens with one attached hydrogen (secondary N) is 1. The second-order valence-electron chi connectivity index (χ2n) is 4.72. The molecule has 24 heavy (non-hydrogen) atoms. The third-order valence-electron chi connectivity index (χ3n) is 3.04. The highest BCUT2D eigenvalue weighted by Crippen LogP contribution is 2.17. The molecule has 1 aromatic heterocycles. The summed E-state index contributed by atoms with van der Waals surface area (Å²) in [7, 11) is 0. The molecule has 0 spiro atoms. The van der Waals surface area contributed by atoms with Crippen LogP contribution in [0.4, 0.5) is 5.69 Å². The van der Waals surface area contributed by atoms with Gasteiger partial charge < -0.3 is 10.1 Å². The normalized spacial score (nSPS) is 9.83. The first-order valence-corrected chi connectivity index (χ1v) is 8.28. The van der Waals surface area contributed by atoms with Gasteiger partial charge >= 0.3 is 5.97 Å². The van der Waals surface area contributed by atoms with Crippen LogP contribution < -0.4 is 5.32 Å². The molecule has 0 unspecified atom stereocenters. The van der Waals surface area contributed by atoms with Crippen LogP contribution in [0.5, 0.6) is 0 Å². The van der Waals surface area contributed by atoms with Crippen LogP contribution >= 0.6 is 11.8 Å². The molecule has 0 saturated heterocycles. The summed E-state index contributed by atoms with van der Waals surface area (Å²) in [5.74, 6) is -1.03. The zero-order chi connectivity index (χ0) is 17.4. The average Bonchev–Trinajstić information content (AvgIpc) is 2.61. The molecule has 0 bridgehead atoms. The van der Waals surface area contributed by atoms with Gasteiger partial charge in [-0.2, -0.15) is 5.26 Å². The van der Waals surface area contributed by atoms with E-state index in [9.17, 15) is 9.59 Å². The Kier molecular flexibility index (Phi) is 6.34. The number of pyridine rings is 1.